The van der Waals surface area contributed by atoms with Crippen molar-refractivity contribution in [2.24, 2.45) is 5.92 Å². The summed E-state index contributed by atoms with van der Waals surface area (Å²) in [4.78, 5) is 30.0. The first-order valence-corrected chi connectivity index (χ1v) is 11.3. The molecule has 4 heterocycles. The van der Waals surface area contributed by atoms with Gasteiger partial charge in [-0.15, -0.1) is 0 Å². The largest absolute Gasteiger partial charge is 0.376 e. The molecular formula is C21H29N5O2S. The first kappa shape index (κ1) is 20.1. The Bertz CT molecular complexity index is 886. The number of nitrogens with one attached hydrogen (secondary N) is 2. The number of carbonyl (C=O) groups is 2. The molecular weight excluding hydrogens is 386 g/mol. The molecule has 1 aromatic heterocycles. The maximum absolute atomic E-state index is 12.9. The molecule has 3 aliphatic heterocycles. The van der Waals surface area contributed by atoms with Crippen LogP contribution in [0.4, 0.5) is 5.69 Å². The highest BCUT2D eigenvalue weighted by Gasteiger charge is 2.35. The van der Waals surface area contributed by atoms with Gasteiger partial charge in [0.15, 0.2) is 0 Å². The van der Waals surface area contributed by atoms with Gasteiger partial charge in [0.1, 0.15) is 4.88 Å². The van der Waals surface area contributed by atoms with Gasteiger partial charge in [-0.25, -0.2) is 0 Å². The lowest BCUT2D eigenvalue weighted by atomic mass is 9.84. The number of hydrogen-bond acceptors (Lipinski definition) is 6. The van der Waals surface area contributed by atoms with Gasteiger partial charge in [0, 0.05) is 36.7 Å². The van der Waals surface area contributed by atoms with Crippen LogP contribution in [0.1, 0.15) is 36.4 Å². The molecule has 3 aliphatic rings. The average molecular weight is 416 g/mol. The highest BCUT2D eigenvalue weighted by Crippen LogP contribution is 2.29. The van der Waals surface area contributed by atoms with E-state index in [4.69, 9.17) is 0 Å². The molecule has 0 spiro atoms. The lowest BCUT2D eigenvalue weighted by Crippen LogP contribution is -2.57. The minimum absolute atomic E-state index is 0.0197. The number of aromatic nitrogens is 1. The number of amides is 2. The molecule has 2 amide bonds. The van der Waals surface area contributed by atoms with E-state index in [1.807, 2.05) is 32.0 Å². The number of likely N-dealkylation sites (N-methyl/N-ethyl adjacent to an activating group) is 1. The van der Waals surface area contributed by atoms with Crippen molar-refractivity contribution in [2.75, 3.05) is 44.6 Å². The molecule has 1 atom stereocenters. The summed E-state index contributed by atoms with van der Waals surface area (Å²) in [5.41, 5.74) is 1.63. The van der Waals surface area contributed by atoms with Gasteiger partial charge < -0.3 is 20.4 Å². The Balaban J connectivity index is 1.41. The van der Waals surface area contributed by atoms with Crippen LogP contribution in [0.5, 0.6) is 0 Å². The number of hydrogen-bond donors (Lipinski definition) is 2. The van der Waals surface area contributed by atoms with Gasteiger partial charge in [-0.05, 0) is 75.4 Å². The van der Waals surface area contributed by atoms with Crippen LogP contribution in [0.25, 0.3) is 10.9 Å². The van der Waals surface area contributed by atoms with E-state index in [0.717, 1.165) is 36.2 Å². The SMILES string of the molecule is CCN(CC)C(=O)CNc1ccc2c(C(=O)N[C@@H]3CN4CCC3CC4)snc2c1. The first-order chi connectivity index (χ1) is 14.1. The van der Waals surface area contributed by atoms with E-state index in [2.05, 4.69) is 19.9 Å². The lowest BCUT2D eigenvalue weighted by molar-refractivity contribution is -0.128. The van der Waals surface area contributed by atoms with Crippen molar-refractivity contribution in [3.8, 4) is 0 Å². The van der Waals surface area contributed by atoms with Gasteiger partial charge in [0.2, 0.25) is 5.91 Å². The summed E-state index contributed by atoms with van der Waals surface area (Å²) in [6.07, 6.45) is 2.35. The fourth-order valence-corrected chi connectivity index (χ4v) is 5.20. The van der Waals surface area contributed by atoms with Gasteiger partial charge >= 0.3 is 0 Å². The number of benzene rings is 1. The van der Waals surface area contributed by atoms with E-state index in [-0.39, 0.29) is 24.4 Å². The van der Waals surface area contributed by atoms with Gasteiger partial charge in [-0.3, -0.25) is 9.59 Å². The van der Waals surface area contributed by atoms with Crippen LogP contribution in [-0.2, 0) is 4.79 Å². The molecule has 0 unspecified atom stereocenters. The Morgan fingerprint density at radius 3 is 2.66 bits per heavy atom. The summed E-state index contributed by atoms with van der Waals surface area (Å²) >= 11 is 1.25. The predicted octanol–water partition coefficient (Wildman–Crippen LogP) is 2.40. The Labute approximate surface area is 175 Å². The molecule has 7 nitrogen and oxygen atoms in total. The van der Waals surface area contributed by atoms with Crippen LogP contribution in [0, 0.1) is 5.92 Å². The molecule has 2 aromatic rings. The minimum atomic E-state index is -0.0197. The maximum Gasteiger partial charge on any atom is 0.263 e. The highest BCUT2D eigenvalue weighted by molar-refractivity contribution is 7.09. The Kier molecular flexibility index (Phi) is 6.01. The van der Waals surface area contributed by atoms with E-state index in [1.165, 1.54) is 24.4 Å². The third kappa shape index (κ3) is 4.23. The zero-order valence-electron chi connectivity index (χ0n) is 17.1. The van der Waals surface area contributed by atoms with E-state index in [1.54, 1.807) is 4.90 Å². The van der Waals surface area contributed by atoms with Crippen LogP contribution < -0.4 is 10.6 Å². The quantitative estimate of drug-likeness (QED) is 0.726. The summed E-state index contributed by atoms with van der Waals surface area (Å²) in [6.45, 7) is 8.91. The van der Waals surface area contributed by atoms with Crippen molar-refractivity contribution in [3.05, 3.63) is 23.1 Å². The zero-order valence-corrected chi connectivity index (χ0v) is 17.9. The zero-order chi connectivity index (χ0) is 20.4. The van der Waals surface area contributed by atoms with E-state index in [0.29, 0.717) is 23.9 Å². The van der Waals surface area contributed by atoms with Crippen molar-refractivity contribution in [2.45, 2.75) is 32.7 Å². The third-order valence-electron chi connectivity index (χ3n) is 6.22. The second-order valence-electron chi connectivity index (χ2n) is 7.88. The van der Waals surface area contributed by atoms with Crippen LogP contribution in [0.3, 0.4) is 0 Å². The molecule has 3 fully saturated rings. The summed E-state index contributed by atoms with van der Waals surface area (Å²) in [5.74, 6) is 0.655. The summed E-state index contributed by atoms with van der Waals surface area (Å²) in [6, 6.07) is 5.99. The van der Waals surface area contributed by atoms with Crippen molar-refractivity contribution in [1.82, 2.24) is 19.5 Å². The molecule has 3 saturated heterocycles. The van der Waals surface area contributed by atoms with E-state index >= 15 is 0 Å². The molecule has 5 rings (SSSR count). The Morgan fingerprint density at radius 1 is 1.24 bits per heavy atom. The van der Waals surface area contributed by atoms with Crippen molar-refractivity contribution in [1.29, 1.82) is 0 Å². The molecule has 0 aliphatic carbocycles. The Morgan fingerprint density at radius 2 is 2.00 bits per heavy atom. The lowest BCUT2D eigenvalue weighted by Gasteiger charge is -2.44. The second-order valence-corrected chi connectivity index (χ2v) is 8.65. The molecule has 156 valence electrons. The standard InChI is InChI=1S/C21H29N5O2S/c1-3-26(4-2)19(27)12-22-15-5-6-16-17(11-15)24-29-20(16)21(28)23-18-13-25-9-7-14(18)8-10-25/h5-6,11,14,18,22H,3-4,7-10,12-13H2,1-2H3,(H,23,28)/t18-/m1/s1. The van der Waals surface area contributed by atoms with Gasteiger partial charge in [0.05, 0.1) is 12.1 Å². The average Bonchev–Trinajstić information content (AvgIpc) is 3.17. The van der Waals surface area contributed by atoms with Gasteiger partial charge in [0.25, 0.3) is 5.91 Å². The number of anilines is 1. The molecule has 2 bridgehead atoms. The molecule has 1 aromatic carbocycles. The van der Waals surface area contributed by atoms with Gasteiger partial charge in [-0.2, -0.15) is 4.37 Å². The summed E-state index contributed by atoms with van der Waals surface area (Å²) in [7, 11) is 0. The molecule has 2 N–H and O–H groups in total. The summed E-state index contributed by atoms with van der Waals surface area (Å²) < 4.78 is 4.47. The van der Waals surface area contributed by atoms with Crippen LogP contribution in [0.2, 0.25) is 0 Å². The van der Waals surface area contributed by atoms with Gasteiger partial charge in [-0.1, -0.05) is 0 Å². The highest BCUT2D eigenvalue weighted by atomic mass is 32.1. The maximum atomic E-state index is 12.9. The molecule has 0 radical (unpaired) electrons. The van der Waals surface area contributed by atoms with E-state index in [9.17, 15) is 9.59 Å². The van der Waals surface area contributed by atoms with Crippen LogP contribution in [0.15, 0.2) is 18.2 Å². The van der Waals surface area contributed by atoms with Crippen molar-refractivity contribution >= 4 is 39.9 Å². The number of fused-ring (bicyclic) bond motifs is 4. The van der Waals surface area contributed by atoms with Crippen molar-refractivity contribution < 1.29 is 9.59 Å². The minimum Gasteiger partial charge on any atom is -0.376 e. The third-order valence-corrected chi connectivity index (χ3v) is 7.09. The monoisotopic (exact) mass is 415 g/mol. The molecule has 8 heteroatoms. The molecule has 29 heavy (non-hydrogen) atoms. The number of carbonyl (C=O) groups excluding carboxylic acids is 2. The first-order valence-electron chi connectivity index (χ1n) is 10.5. The number of piperidine rings is 3. The smallest absolute Gasteiger partial charge is 0.263 e. The molecule has 0 saturated carbocycles. The number of rotatable bonds is 7. The predicted molar refractivity (Wildman–Crippen MR) is 116 cm³/mol. The van der Waals surface area contributed by atoms with Crippen molar-refractivity contribution in [3.63, 3.8) is 0 Å². The van der Waals surface area contributed by atoms with E-state index < -0.39 is 0 Å². The normalized spacial score (nSPS) is 23.2. The second kappa shape index (κ2) is 8.67. The van der Waals surface area contributed by atoms with Crippen LogP contribution in [-0.4, -0.2) is 71.3 Å². The summed E-state index contributed by atoms with van der Waals surface area (Å²) in [5, 5.41) is 7.29. The fraction of sp³-hybridized carbons (Fsp3) is 0.571. The fourth-order valence-electron chi connectivity index (χ4n) is 4.45. The Hall–Kier alpha value is -2.19. The van der Waals surface area contributed by atoms with Crippen LogP contribution >= 0.6 is 11.5 Å². The number of nitrogens with zero attached hydrogens (tertiary/aromatic N) is 3. The topological polar surface area (TPSA) is 77.6 Å².